The summed E-state index contributed by atoms with van der Waals surface area (Å²) < 4.78 is 5.42. The summed E-state index contributed by atoms with van der Waals surface area (Å²) in [6, 6.07) is 3.31. The second-order valence-electron chi connectivity index (χ2n) is 4.25. The molecule has 1 aliphatic rings. The van der Waals surface area contributed by atoms with Crippen molar-refractivity contribution in [2.75, 3.05) is 20.1 Å². The molecule has 0 saturated carbocycles. The predicted molar refractivity (Wildman–Crippen MR) is 65.2 cm³/mol. The quantitative estimate of drug-likeness (QED) is 0.598. The minimum atomic E-state index is -0.377. The highest BCUT2D eigenvalue weighted by molar-refractivity contribution is 6.32. The summed E-state index contributed by atoms with van der Waals surface area (Å²) in [5.74, 6) is -0.377. The van der Waals surface area contributed by atoms with Crippen LogP contribution in [0.25, 0.3) is 0 Å². The summed E-state index contributed by atoms with van der Waals surface area (Å²) in [6.45, 7) is 1.91. The van der Waals surface area contributed by atoms with Gasteiger partial charge in [0.1, 0.15) is 11.3 Å². The lowest BCUT2D eigenvalue weighted by atomic mass is 10.1. The van der Waals surface area contributed by atoms with Gasteiger partial charge in [0, 0.05) is 19.3 Å². The molecule has 92 valence electrons. The van der Waals surface area contributed by atoms with Crippen LogP contribution >= 0.6 is 11.6 Å². The Hall–Kier alpha value is -1.13. The van der Waals surface area contributed by atoms with Gasteiger partial charge >= 0.3 is 5.97 Å². The molecule has 0 radical (unpaired) electrons. The molecule has 1 aromatic heterocycles. The maximum Gasteiger partial charge on any atom is 0.341 e. The van der Waals surface area contributed by atoms with Crippen molar-refractivity contribution in [3.05, 3.63) is 29.0 Å². The van der Waals surface area contributed by atoms with Crippen molar-refractivity contribution >= 4 is 17.6 Å². The van der Waals surface area contributed by atoms with Gasteiger partial charge in [0.05, 0.1) is 5.56 Å². The van der Waals surface area contributed by atoms with E-state index < -0.39 is 0 Å². The number of ether oxygens (including phenoxy) is 1. The molecular weight excluding hydrogens is 240 g/mol. The van der Waals surface area contributed by atoms with Crippen molar-refractivity contribution < 1.29 is 9.53 Å². The Morgan fingerprint density at radius 2 is 2.24 bits per heavy atom. The lowest BCUT2D eigenvalue weighted by Crippen LogP contribution is -2.35. The third-order valence-corrected chi connectivity index (χ3v) is 3.22. The average molecular weight is 255 g/mol. The largest absolute Gasteiger partial charge is 0.459 e. The molecule has 5 heteroatoms. The third-order valence-electron chi connectivity index (χ3n) is 2.92. The topological polar surface area (TPSA) is 42.4 Å². The number of nitrogens with zero attached hydrogens (tertiary/aromatic N) is 2. The summed E-state index contributed by atoms with van der Waals surface area (Å²) in [6.07, 6.45) is 3.30. The van der Waals surface area contributed by atoms with Crippen LogP contribution in [0.3, 0.4) is 0 Å². The van der Waals surface area contributed by atoms with Gasteiger partial charge in [-0.25, -0.2) is 9.78 Å². The first-order valence-electron chi connectivity index (χ1n) is 5.67. The number of halogens is 1. The van der Waals surface area contributed by atoms with Crippen LogP contribution in [0.2, 0.25) is 5.15 Å². The fourth-order valence-corrected chi connectivity index (χ4v) is 2.05. The smallest absolute Gasteiger partial charge is 0.341 e. The lowest BCUT2D eigenvalue weighted by Gasteiger charge is -2.28. The van der Waals surface area contributed by atoms with Crippen LogP contribution in [0.5, 0.6) is 0 Å². The SMILES string of the molecule is CN1CCC(OC(=O)c2cccnc2Cl)CC1. The van der Waals surface area contributed by atoms with Crippen molar-refractivity contribution in [3.63, 3.8) is 0 Å². The van der Waals surface area contributed by atoms with E-state index in [2.05, 4.69) is 16.9 Å². The Balaban J connectivity index is 1.96. The van der Waals surface area contributed by atoms with Crippen LogP contribution in [0, 0.1) is 0 Å². The van der Waals surface area contributed by atoms with E-state index in [0.717, 1.165) is 25.9 Å². The zero-order valence-electron chi connectivity index (χ0n) is 9.73. The molecule has 0 aliphatic carbocycles. The molecule has 0 amide bonds. The summed E-state index contributed by atoms with van der Waals surface area (Å²) >= 11 is 5.84. The molecule has 1 fully saturated rings. The summed E-state index contributed by atoms with van der Waals surface area (Å²) in [7, 11) is 2.07. The Labute approximate surface area is 106 Å². The van der Waals surface area contributed by atoms with Crippen molar-refractivity contribution in [1.82, 2.24) is 9.88 Å². The second-order valence-corrected chi connectivity index (χ2v) is 4.61. The number of hydrogen-bond donors (Lipinski definition) is 0. The number of pyridine rings is 1. The van der Waals surface area contributed by atoms with Crippen LogP contribution in [0.15, 0.2) is 18.3 Å². The molecule has 0 spiro atoms. The van der Waals surface area contributed by atoms with E-state index in [9.17, 15) is 4.79 Å². The maximum absolute atomic E-state index is 11.9. The van der Waals surface area contributed by atoms with Gasteiger partial charge in [-0.05, 0) is 32.0 Å². The molecule has 2 heterocycles. The second kappa shape index (κ2) is 5.47. The molecule has 0 aromatic carbocycles. The molecule has 0 unspecified atom stereocenters. The monoisotopic (exact) mass is 254 g/mol. The maximum atomic E-state index is 11.9. The van der Waals surface area contributed by atoms with E-state index >= 15 is 0 Å². The number of carbonyl (C=O) groups excluding carboxylic acids is 1. The normalized spacial score (nSPS) is 18.0. The van der Waals surface area contributed by atoms with Gasteiger partial charge in [-0.15, -0.1) is 0 Å². The van der Waals surface area contributed by atoms with Crippen molar-refractivity contribution in [3.8, 4) is 0 Å². The van der Waals surface area contributed by atoms with E-state index in [4.69, 9.17) is 16.3 Å². The van der Waals surface area contributed by atoms with Gasteiger partial charge < -0.3 is 9.64 Å². The number of rotatable bonds is 2. The highest BCUT2D eigenvalue weighted by Crippen LogP contribution is 2.17. The Morgan fingerprint density at radius 1 is 1.53 bits per heavy atom. The predicted octanol–water partition coefficient (Wildman–Crippen LogP) is 1.99. The minimum absolute atomic E-state index is 0.00465. The fraction of sp³-hybridized carbons (Fsp3) is 0.500. The molecule has 17 heavy (non-hydrogen) atoms. The number of esters is 1. The average Bonchev–Trinajstić information content (AvgIpc) is 2.32. The third kappa shape index (κ3) is 3.17. The Morgan fingerprint density at radius 3 is 2.88 bits per heavy atom. The number of carbonyl (C=O) groups is 1. The van der Waals surface area contributed by atoms with Crippen molar-refractivity contribution in [2.24, 2.45) is 0 Å². The molecule has 1 aromatic rings. The summed E-state index contributed by atoms with van der Waals surface area (Å²) in [4.78, 5) is 17.9. The van der Waals surface area contributed by atoms with Crippen LogP contribution < -0.4 is 0 Å². The van der Waals surface area contributed by atoms with Crippen molar-refractivity contribution in [1.29, 1.82) is 0 Å². The minimum Gasteiger partial charge on any atom is -0.459 e. The van der Waals surface area contributed by atoms with Crippen LogP contribution in [0.1, 0.15) is 23.2 Å². The summed E-state index contributed by atoms with van der Waals surface area (Å²) in [5, 5.41) is 0.199. The molecular formula is C12H15ClN2O2. The highest BCUT2D eigenvalue weighted by atomic mass is 35.5. The van der Waals surface area contributed by atoms with Gasteiger partial charge in [-0.1, -0.05) is 11.6 Å². The van der Waals surface area contributed by atoms with Gasteiger partial charge in [0.2, 0.25) is 0 Å². The first-order chi connectivity index (χ1) is 8.16. The number of aromatic nitrogens is 1. The van der Waals surface area contributed by atoms with E-state index in [1.807, 2.05) is 0 Å². The van der Waals surface area contributed by atoms with E-state index in [1.165, 1.54) is 0 Å². The fourth-order valence-electron chi connectivity index (χ4n) is 1.86. The van der Waals surface area contributed by atoms with E-state index in [-0.39, 0.29) is 17.2 Å². The standard InChI is InChI=1S/C12H15ClN2O2/c1-15-7-4-9(5-8-15)17-12(16)10-3-2-6-14-11(10)13/h2-3,6,9H,4-5,7-8H2,1H3. The molecule has 1 saturated heterocycles. The molecule has 0 bridgehead atoms. The number of piperidine rings is 1. The number of likely N-dealkylation sites (tertiary alicyclic amines) is 1. The van der Waals surface area contributed by atoms with Crippen LogP contribution in [-0.4, -0.2) is 42.1 Å². The van der Waals surface area contributed by atoms with Gasteiger partial charge in [0.25, 0.3) is 0 Å². The zero-order chi connectivity index (χ0) is 12.3. The molecule has 4 nitrogen and oxygen atoms in total. The molecule has 0 atom stereocenters. The molecule has 0 N–H and O–H groups in total. The van der Waals surface area contributed by atoms with E-state index in [1.54, 1.807) is 18.3 Å². The first kappa shape index (κ1) is 12.3. The Bertz CT molecular complexity index is 403. The number of hydrogen-bond acceptors (Lipinski definition) is 4. The zero-order valence-corrected chi connectivity index (χ0v) is 10.5. The molecule has 1 aliphatic heterocycles. The summed E-state index contributed by atoms with van der Waals surface area (Å²) in [5.41, 5.74) is 0.341. The Kier molecular flexibility index (Phi) is 3.97. The van der Waals surface area contributed by atoms with Crippen molar-refractivity contribution in [2.45, 2.75) is 18.9 Å². The van der Waals surface area contributed by atoms with Gasteiger partial charge in [-0.3, -0.25) is 0 Å². The first-order valence-corrected chi connectivity index (χ1v) is 6.04. The van der Waals surface area contributed by atoms with E-state index in [0.29, 0.717) is 5.56 Å². The van der Waals surface area contributed by atoms with Gasteiger partial charge in [-0.2, -0.15) is 0 Å². The highest BCUT2D eigenvalue weighted by Gasteiger charge is 2.22. The lowest BCUT2D eigenvalue weighted by molar-refractivity contribution is 0.0139. The van der Waals surface area contributed by atoms with Gasteiger partial charge in [0.15, 0.2) is 0 Å². The van der Waals surface area contributed by atoms with Crippen LogP contribution in [0.4, 0.5) is 0 Å². The van der Waals surface area contributed by atoms with Crippen LogP contribution in [-0.2, 0) is 4.74 Å². The molecule has 2 rings (SSSR count).